The summed E-state index contributed by atoms with van der Waals surface area (Å²) in [6, 6.07) is 19.4. The van der Waals surface area contributed by atoms with Gasteiger partial charge < -0.3 is 10.2 Å². The van der Waals surface area contributed by atoms with Crippen molar-refractivity contribution in [1.29, 1.82) is 0 Å². The molecule has 0 aromatic heterocycles. The van der Waals surface area contributed by atoms with Gasteiger partial charge in [0.2, 0.25) is 11.8 Å². The van der Waals surface area contributed by atoms with Gasteiger partial charge in [0.25, 0.3) is 10.0 Å². The Bertz CT molecular complexity index is 1400. The summed E-state index contributed by atoms with van der Waals surface area (Å²) >= 11 is 12.5. The number of carbonyl (C=O) groups excluding carboxylic acids is 2. The van der Waals surface area contributed by atoms with E-state index in [1.54, 1.807) is 19.1 Å². The van der Waals surface area contributed by atoms with Gasteiger partial charge in [-0.15, -0.1) is 0 Å². The summed E-state index contributed by atoms with van der Waals surface area (Å²) in [7, 11) is -4.20. The molecule has 0 aliphatic carbocycles. The number of halogens is 2. The van der Waals surface area contributed by atoms with Crippen molar-refractivity contribution in [3.63, 3.8) is 0 Å². The fraction of sp³-hybridized carbons (Fsp3) is 0.333. The molecule has 2 amide bonds. The minimum absolute atomic E-state index is 0.0143. The second kappa shape index (κ2) is 14.0. The van der Waals surface area contributed by atoms with Crippen LogP contribution in [0.25, 0.3) is 0 Å². The number of aryl methyl sites for hydroxylation is 1. The third kappa shape index (κ3) is 8.22. The molecule has 0 spiro atoms. The molecule has 0 fully saturated rings. The first-order valence-corrected chi connectivity index (χ1v) is 15.3. The molecule has 3 rings (SSSR count). The second-order valence-electron chi connectivity index (χ2n) is 9.77. The van der Waals surface area contributed by atoms with Gasteiger partial charge in [0, 0.05) is 22.6 Å². The summed E-state index contributed by atoms with van der Waals surface area (Å²) in [4.78, 5) is 28.5. The van der Waals surface area contributed by atoms with Crippen LogP contribution in [0.2, 0.25) is 10.0 Å². The van der Waals surface area contributed by atoms with Crippen LogP contribution in [-0.4, -0.2) is 50.3 Å². The molecule has 0 saturated carbocycles. The Kier molecular flexibility index (Phi) is 11.0. The van der Waals surface area contributed by atoms with E-state index < -0.39 is 28.5 Å². The summed E-state index contributed by atoms with van der Waals surface area (Å²) in [6.07, 6.45) is 1.22. The molecule has 10 heteroatoms. The monoisotopic (exact) mass is 603 g/mol. The lowest BCUT2D eigenvalue weighted by atomic mass is 10.1. The van der Waals surface area contributed by atoms with E-state index in [-0.39, 0.29) is 39.1 Å². The van der Waals surface area contributed by atoms with Gasteiger partial charge in [0.05, 0.1) is 10.6 Å². The Morgan fingerprint density at radius 1 is 0.925 bits per heavy atom. The molecule has 0 radical (unpaired) electrons. The fourth-order valence-electron chi connectivity index (χ4n) is 4.09. The Balaban J connectivity index is 2.01. The van der Waals surface area contributed by atoms with Crippen LogP contribution in [0.15, 0.2) is 77.7 Å². The molecule has 0 heterocycles. The zero-order chi connectivity index (χ0) is 29.4. The van der Waals surface area contributed by atoms with Crippen LogP contribution in [0.5, 0.6) is 0 Å². The number of sulfonamides is 1. The SMILES string of the molecule is CCC(C)NC(=O)C(C)N(CCc1ccccc1)C(=O)CN(c1cc(Cl)cc(Cl)c1)S(=O)(=O)c1ccc(C)cc1. The molecule has 2 unspecified atom stereocenters. The molecule has 0 aliphatic heterocycles. The highest BCUT2D eigenvalue weighted by Gasteiger charge is 2.32. The van der Waals surface area contributed by atoms with Crippen molar-refractivity contribution in [1.82, 2.24) is 10.2 Å². The molecule has 3 aromatic carbocycles. The standard InChI is InChI=1S/C30H35Cl2N3O4S/c1-5-22(3)33-30(37)23(4)34(16-15-24-9-7-6-8-10-24)29(36)20-35(27-18-25(31)17-26(32)19-27)40(38,39)28-13-11-21(2)12-14-28/h6-14,17-19,22-23H,5,15-16,20H2,1-4H3,(H,33,37). The summed E-state index contributed by atoms with van der Waals surface area (Å²) in [5, 5.41) is 3.37. The van der Waals surface area contributed by atoms with Crippen LogP contribution < -0.4 is 9.62 Å². The number of anilines is 1. The van der Waals surface area contributed by atoms with E-state index >= 15 is 0 Å². The predicted molar refractivity (Wildman–Crippen MR) is 161 cm³/mol. The molecule has 0 bridgehead atoms. The van der Waals surface area contributed by atoms with Crippen molar-refractivity contribution >= 4 is 50.7 Å². The summed E-state index contributed by atoms with van der Waals surface area (Å²) in [5.41, 5.74) is 2.02. The lowest BCUT2D eigenvalue weighted by Gasteiger charge is -2.32. The van der Waals surface area contributed by atoms with Gasteiger partial charge in [-0.2, -0.15) is 0 Å². The van der Waals surface area contributed by atoms with Crippen LogP contribution in [0, 0.1) is 6.92 Å². The number of hydrogen-bond acceptors (Lipinski definition) is 4. The van der Waals surface area contributed by atoms with Crippen LogP contribution in [0.3, 0.4) is 0 Å². The van der Waals surface area contributed by atoms with Crippen molar-refractivity contribution in [2.24, 2.45) is 0 Å². The maximum atomic E-state index is 13.9. The molecular weight excluding hydrogens is 569 g/mol. The number of amides is 2. The largest absolute Gasteiger partial charge is 0.352 e. The quantitative estimate of drug-likeness (QED) is 0.280. The number of hydrogen-bond donors (Lipinski definition) is 1. The van der Waals surface area contributed by atoms with E-state index in [2.05, 4.69) is 5.32 Å². The number of nitrogens with zero attached hydrogens (tertiary/aromatic N) is 2. The second-order valence-corrected chi connectivity index (χ2v) is 12.5. The smallest absolute Gasteiger partial charge is 0.264 e. The third-order valence-electron chi connectivity index (χ3n) is 6.68. The summed E-state index contributed by atoms with van der Waals surface area (Å²) < 4.78 is 28.8. The number of benzene rings is 3. The van der Waals surface area contributed by atoms with E-state index in [1.807, 2.05) is 51.1 Å². The van der Waals surface area contributed by atoms with Gasteiger partial charge in [0.15, 0.2) is 0 Å². The lowest BCUT2D eigenvalue weighted by molar-refractivity contribution is -0.139. The molecule has 1 N–H and O–H groups in total. The molecular formula is C30H35Cl2N3O4S. The van der Waals surface area contributed by atoms with Crippen molar-refractivity contribution < 1.29 is 18.0 Å². The normalized spacial score (nSPS) is 12.8. The third-order valence-corrected chi connectivity index (χ3v) is 8.90. The first-order chi connectivity index (χ1) is 18.9. The summed E-state index contributed by atoms with van der Waals surface area (Å²) in [6.45, 7) is 7.01. The molecule has 7 nitrogen and oxygen atoms in total. The highest BCUT2D eigenvalue weighted by molar-refractivity contribution is 7.92. The van der Waals surface area contributed by atoms with Crippen LogP contribution in [0.1, 0.15) is 38.3 Å². The lowest BCUT2D eigenvalue weighted by Crippen LogP contribution is -2.53. The maximum absolute atomic E-state index is 13.9. The van der Waals surface area contributed by atoms with Gasteiger partial charge >= 0.3 is 0 Å². The molecule has 0 aliphatic rings. The van der Waals surface area contributed by atoms with E-state index in [0.29, 0.717) is 6.42 Å². The van der Waals surface area contributed by atoms with Crippen LogP contribution in [0.4, 0.5) is 5.69 Å². The van der Waals surface area contributed by atoms with E-state index in [1.165, 1.54) is 35.2 Å². The first-order valence-electron chi connectivity index (χ1n) is 13.1. The van der Waals surface area contributed by atoms with Crippen LogP contribution >= 0.6 is 23.2 Å². The van der Waals surface area contributed by atoms with Gasteiger partial charge in [-0.25, -0.2) is 8.42 Å². The highest BCUT2D eigenvalue weighted by atomic mass is 35.5. The Labute approximate surface area is 247 Å². The topological polar surface area (TPSA) is 86.8 Å². The van der Waals surface area contributed by atoms with E-state index in [9.17, 15) is 18.0 Å². The first kappa shape index (κ1) is 31.5. The Morgan fingerprint density at radius 2 is 1.52 bits per heavy atom. The van der Waals surface area contributed by atoms with Crippen molar-refractivity contribution in [3.05, 3.63) is 94.0 Å². The van der Waals surface area contributed by atoms with Crippen molar-refractivity contribution in [2.45, 2.75) is 57.5 Å². The maximum Gasteiger partial charge on any atom is 0.264 e. The van der Waals surface area contributed by atoms with E-state index in [4.69, 9.17) is 23.2 Å². The Hall–Kier alpha value is -3.07. The van der Waals surface area contributed by atoms with Crippen LogP contribution in [-0.2, 0) is 26.0 Å². The van der Waals surface area contributed by atoms with Gasteiger partial charge in [-0.05, 0) is 69.5 Å². The fourth-order valence-corrected chi connectivity index (χ4v) is 6.00. The van der Waals surface area contributed by atoms with E-state index in [0.717, 1.165) is 21.9 Å². The predicted octanol–water partition coefficient (Wildman–Crippen LogP) is 5.87. The molecule has 40 heavy (non-hydrogen) atoms. The van der Waals surface area contributed by atoms with Gasteiger partial charge in [0.1, 0.15) is 12.6 Å². The molecule has 2 atom stereocenters. The van der Waals surface area contributed by atoms with Crippen molar-refractivity contribution in [3.8, 4) is 0 Å². The molecule has 3 aromatic rings. The number of nitrogens with one attached hydrogen (secondary N) is 1. The zero-order valence-corrected chi connectivity index (χ0v) is 25.4. The highest BCUT2D eigenvalue weighted by Crippen LogP contribution is 2.30. The molecule has 214 valence electrons. The number of rotatable bonds is 12. The summed E-state index contributed by atoms with van der Waals surface area (Å²) in [5.74, 6) is -0.843. The zero-order valence-electron chi connectivity index (χ0n) is 23.1. The Morgan fingerprint density at radius 3 is 2.10 bits per heavy atom. The minimum atomic E-state index is -4.20. The van der Waals surface area contributed by atoms with Gasteiger partial charge in [-0.1, -0.05) is 78.2 Å². The number of carbonyl (C=O) groups is 2. The average Bonchev–Trinajstić information content (AvgIpc) is 2.91. The average molecular weight is 605 g/mol. The van der Waals surface area contributed by atoms with Crippen molar-refractivity contribution in [2.75, 3.05) is 17.4 Å². The van der Waals surface area contributed by atoms with Gasteiger partial charge in [-0.3, -0.25) is 13.9 Å². The minimum Gasteiger partial charge on any atom is -0.352 e. The molecule has 0 saturated heterocycles.